The fraction of sp³-hybridized carbons (Fsp3) is 0.125. The van der Waals surface area contributed by atoms with Crippen LogP contribution in [0.15, 0.2) is 53.5 Å². The number of rotatable bonds is 2. The highest BCUT2D eigenvalue weighted by Gasteiger charge is 2.12. The molecule has 0 saturated carbocycles. The molecule has 0 aliphatic carbocycles. The van der Waals surface area contributed by atoms with E-state index in [-0.39, 0.29) is 6.04 Å². The molecule has 3 nitrogen and oxygen atoms in total. The summed E-state index contributed by atoms with van der Waals surface area (Å²) in [6.07, 6.45) is 2.73. The molecule has 3 heteroatoms. The molecule has 19 heavy (non-hydrogen) atoms. The molecule has 2 aromatic carbocycles. The molecule has 1 unspecified atom stereocenters. The molecule has 0 amide bonds. The predicted molar refractivity (Wildman–Crippen MR) is 77.8 cm³/mol. The van der Waals surface area contributed by atoms with Crippen molar-refractivity contribution in [1.29, 1.82) is 0 Å². The molecule has 0 aromatic heterocycles. The molecule has 0 spiro atoms. The van der Waals surface area contributed by atoms with Crippen LogP contribution in [-0.4, -0.2) is 25.1 Å². The van der Waals surface area contributed by atoms with Crippen LogP contribution in [0.5, 0.6) is 0 Å². The van der Waals surface area contributed by atoms with Crippen LogP contribution in [0.4, 0.5) is 5.69 Å². The molecular formula is C16H14N2O. The second kappa shape index (κ2) is 5.06. The number of aldehydes is 1. The Labute approximate surface area is 112 Å². The highest BCUT2D eigenvalue weighted by molar-refractivity contribution is 5.92. The maximum atomic E-state index is 10.9. The zero-order valence-electron chi connectivity index (χ0n) is 10.4. The third kappa shape index (κ3) is 2.40. The molecule has 1 aliphatic heterocycles. The maximum absolute atomic E-state index is 10.9. The SMILES string of the molecule is O=CC1CN=Cc2cc(-c3ccccc3)ccc2N1. The first-order chi connectivity index (χ1) is 9.36. The molecule has 0 fully saturated rings. The Morgan fingerprint density at radius 2 is 1.95 bits per heavy atom. The van der Waals surface area contributed by atoms with E-state index in [1.54, 1.807) is 0 Å². The summed E-state index contributed by atoms with van der Waals surface area (Å²) in [5, 5.41) is 3.19. The summed E-state index contributed by atoms with van der Waals surface area (Å²) in [5.74, 6) is 0. The van der Waals surface area contributed by atoms with E-state index in [9.17, 15) is 4.79 Å². The summed E-state index contributed by atoms with van der Waals surface area (Å²) >= 11 is 0. The minimum atomic E-state index is -0.236. The number of nitrogens with zero attached hydrogens (tertiary/aromatic N) is 1. The Hall–Kier alpha value is -2.42. The molecule has 94 valence electrons. The van der Waals surface area contributed by atoms with E-state index in [1.165, 1.54) is 5.56 Å². The summed E-state index contributed by atoms with van der Waals surface area (Å²) in [7, 11) is 0. The number of hydrogen-bond acceptors (Lipinski definition) is 3. The number of benzodiazepines with no additional fused rings is 1. The van der Waals surface area contributed by atoms with Gasteiger partial charge in [-0.3, -0.25) is 4.99 Å². The van der Waals surface area contributed by atoms with E-state index in [2.05, 4.69) is 34.6 Å². The standard InChI is InChI=1S/C16H14N2O/c19-11-15-10-17-9-14-8-13(6-7-16(14)18-15)12-4-2-1-3-5-12/h1-9,11,15,18H,10H2. The average molecular weight is 250 g/mol. The van der Waals surface area contributed by atoms with Crippen molar-refractivity contribution in [1.82, 2.24) is 0 Å². The summed E-state index contributed by atoms with van der Waals surface area (Å²) in [4.78, 5) is 15.2. The molecule has 3 rings (SSSR count). The Bertz CT molecular complexity index is 620. The lowest BCUT2D eigenvalue weighted by Gasteiger charge is -2.12. The van der Waals surface area contributed by atoms with Gasteiger partial charge in [-0.05, 0) is 23.3 Å². The maximum Gasteiger partial charge on any atom is 0.144 e. The van der Waals surface area contributed by atoms with Gasteiger partial charge in [-0.15, -0.1) is 0 Å². The van der Waals surface area contributed by atoms with E-state index in [1.807, 2.05) is 30.5 Å². The van der Waals surface area contributed by atoms with Crippen LogP contribution in [0.2, 0.25) is 0 Å². The molecule has 0 saturated heterocycles. The lowest BCUT2D eigenvalue weighted by Crippen LogP contribution is -2.23. The van der Waals surface area contributed by atoms with Crippen molar-refractivity contribution < 1.29 is 4.79 Å². The van der Waals surface area contributed by atoms with Crippen LogP contribution in [0, 0.1) is 0 Å². The van der Waals surface area contributed by atoms with E-state index in [0.717, 1.165) is 23.1 Å². The number of aliphatic imine (C=N–C) groups is 1. The van der Waals surface area contributed by atoms with Gasteiger partial charge in [0, 0.05) is 17.5 Å². The van der Waals surface area contributed by atoms with Gasteiger partial charge in [0.25, 0.3) is 0 Å². The average Bonchev–Trinajstić information content (AvgIpc) is 2.69. The van der Waals surface area contributed by atoms with Gasteiger partial charge >= 0.3 is 0 Å². The number of carbonyl (C=O) groups excluding carboxylic acids is 1. The summed E-state index contributed by atoms with van der Waals surface area (Å²) < 4.78 is 0. The third-order valence-electron chi connectivity index (χ3n) is 3.20. The molecular weight excluding hydrogens is 236 g/mol. The Balaban J connectivity index is 2.00. The quantitative estimate of drug-likeness (QED) is 0.833. The monoisotopic (exact) mass is 250 g/mol. The van der Waals surface area contributed by atoms with Gasteiger partial charge in [0.2, 0.25) is 0 Å². The van der Waals surface area contributed by atoms with E-state index < -0.39 is 0 Å². The van der Waals surface area contributed by atoms with Gasteiger partial charge in [-0.25, -0.2) is 0 Å². The summed E-state index contributed by atoms with van der Waals surface area (Å²) in [6, 6.07) is 16.1. The van der Waals surface area contributed by atoms with Gasteiger partial charge < -0.3 is 10.1 Å². The second-order valence-electron chi connectivity index (χ2n) is 4.55. The normalized spacial score (nSPS) is 17.2. The van der Waals surface area contributed by atoms with Crippen molar-refractivity contribution in [2.75, 3.05) is 11.9 Å². The number of hydrogen-bond donors (Lipinski definition) is 1. The van der Waals surface area contributed by atoms with Crippen LogP contribution in [0.25, 0.3) is 11.1 Å². The Morgan fingerprint density at radius 1 is 1.11 bits per heavy atom. The largest absolute Gasteiger partial charge is 0.373 e. The van der Waals surface area contributed by atoms with E-state index in [0.29, 0.717) is 6.54 Å². The second-order valence-corrected chi connectivity index (χ2v) is 4.55. The zero-order chi connectivity index (χ0) is 13.1. The fourth-order valence-electron chi connectivity index (χ4n) is 2.20. The van der Waals surface area contributed by atoms with Gasteiger partial charge in [-0.2, -0.15) is 0 Å². The van der Waals surface area contributed by atoms with Crippen LogP contribution in [0.1, 0.15) is 5.56 Å². The highest BCUT2D eigenvalue weighted by atomic mass is 16.1. The molecule has 2 aromatic rings. The number of fused-ring (bicyclic) bond motifs is 1. The van der Waals surface area contributed by atoms with Crippen molar-refractivity contribution in [3.8, 4) is 11.1 Å². The number of anilines is 1. The molecule has 1 heterocycles. The van der Waals surface area contributed by atoms with Crippen LogP contribution < -0.4 is 5.32 Å². The molecule has 1 N–H and O–H groups in total. The smallest absolute Gasteiger partial charge is 0.144 e. The Morgan fingerprint density at radius 3 is 2.74 bits per heavy atom. The van der Waals surface area contributed by atoms with Gasteiger partial charge in [0.15, 0.2) is 0 Å². The van der Waals surface area contributed by atoms with Crippen molar-refractivity contribution in [3.05, 3.63) is 54.1 Å². The fourth-order valence-corrected chi connectivity index (χ4v) is 2.20. The van der Waals surface area contributed by atoms with Crippen molar-refractivity contribution in [2.24, 2.45) is 4.99 Å². The van der Waals surface area contributed by atoms with Gasteiger partial charge in [0.05, 0.1) is 6.54 Å². The highest BCUT2D eigenvalue weighted by Crippen LogP contribution is 2.25. The third-order valence-corrected chi connectivity index (χ3v) is 3.20. The lowest BCUT2D eigenvalue weighted by molar-refractivity contribution is -0.108. The number of carbonyl (C=O) groups is 1. The molecule has 1 atom stereocenters. The van der Waals surface area contributed by atoms with Crippen LogP contribution in [-0.2, 0) is 4.79 Å². The van der Waals surface area contributed by atoms with Crippen LogP contribution >= 0.6 is 0 Å². The lowest BCUT2D eigenvalue weighted by atomic mass is 10.0. The summed E-state index contributed by atoms with van der Waals surface area (Å²) in [6.45, 7) is 0.485. The number of nitrogens with one attached hydrogen (secondary N) is 1. The van der Waals surface area contributed by atoms with Gasteiger partial charge in [0.1, 0.15) is 12.3 Å². The van der Waals surface area contributed by atoms with Gasteiger partial charge in [-0.1, -0.05) is 36.4 Å². The van der Waals surface area contributed by atoms with Crippen LogP contribution in [0.3, 0.4) is 0 Å². The van der Waals surface area contributed by atoms with E-state index in [4.69, 9.17) is 0 Å². The zero-order valence-corrected chi connectivity index (χ0v) is 10.4. The van der Waals surface area contributed by atoms with Crippen molar-refractivity contribution in [2.45, 2.75) is 6.04 Å². The molecule has 1 aliphatic rings. The molecule has 0 bridgehead atoms. The minimum absolute atomic E-state index is 0.236. The Kier molecular flexibility index (Phi) is 3.11. The minimum Gasteiger partial charge on any atom is -0.373 e. The van der Waals surface area contributed by atoms with E-state index >= 15 is 0 Å². The van der Waals surface area contributed by atoms with Crippen molar-refractivity contribution in [3.63, 3.8) is 0 Å². The predicted octanol–water partition coefficient (Wildman–Crippen LogP) is 2.77. The first kappa shape index (κ1) is 11.7. The number of benzene rings is 2. The topological polar surface area (TPSA) is 41.5 Å². The van der Waals surface area contributed by atoms with Crippen molar-refractivity contribution >= 4 is 18.2 Å². The summed E-state index contributed by atoms with van der Waals surface area (Å²) in [5.41, 5.74) is 4.30. The molecule has 0 radical (unpaired) electrons. The first-order valence-corrected chi connectivity index (χ1v) is 6.28. The first-order valence-electron chi connectivity index (χ1n) is 6.28.